The molecule has 0 unspecified atom stereocenters. The van der Waals surface area contributed by atoms with Gasteiger partial charge < -0.3 is 9.64 Å². The Labute approximate surface area is 213 Å². The van der Waals surface area contributed by atoms with Gasteiger partial charge in [-0.15, -0.1) is 0 Å². The van der Waals surface area contributed by atoms with Crippen molar-refractivity contribution < 1.29 is 13.5 Å². The second-order valence-electron chi connectivity index (χ2n) is 10.00. The van der Waals surface area contributed by atoms with Crippen LogP contribution in [0.2, 0.25) is 0 Å². The summed E-state index contributed by atoms with van der Waals surface area (Å²) < 4.78 is 37.0. The fourth-order valence-corrected chi connectivity index (χ4v) is 4.89. The predicted molar refractivity (Wildman–Crippen MR) is 135 cm³/mol. The highest BCUT2D eigenvalue weighted by molar-refractivity contribution is 5.88. The maximum absolute atomic E-state index is 15.0. The van der Waals surface area contributed by atoms with Gasteiger partial charge in [0.25, 0.3) is 0 Å². The number of ether oxygens (including phenoxy) is 1. The highest BCUT2D eigenvalue weighted by Gasteiger charge is 2.32. The summed E-state index contributed by atoms with van der Waals surface area (Å²) in [6, 6.07) is 3.98. The lowest BCUT2D eigenvalue weighted by molar-refractivity contribution is -0.0178. The second-order valence-corrected chi connectivity index (χ2v) is 10.00. The van der Waals surface area contributed by atoms with Crippen LogP contribution >= 0.6 is 0 Å². The predicted octanol–water partition coefficient (Wildman–Crippen LogP) is 5.12. The second kappa shape index (κ2) is 9.41. The Bertz CT molecular complexity index is 1470. The van der Waals surface area contributed by atoms with Gasteiger partial charge in [-0.25, -0.2) is 23.7 Å². The zero-order valence-electron chi connectivity index (χ0n) is 21.2. The molecule has 4 aromatic rings. The SMILES string of the molecule is CCCc1nc2c(-c3ccc(F)cc3F)nc(N3C[C@@H](C)O[C@@H](c4cnn(C5CC5)c4)C3)nc2nc1C. The molecule has 1 aliphatic carbocycles. The smallest absolute Gasteiger partial charge is 0.228 e. The number of aromatic nitrogens is 6. The van der Waals surface area contributed by atoms with Crippen molar-refractivity contribution in [1.82, 2.24) is 29.7 Å². The summed E-state index contributed by atoms with van der Waals surface area (Å²) in [4.78, 5) is 21.1. The summed E-state index contributed by atoms with van der Waals surface area (Å²) in [7, 11) is 0. The van der Waals surface area contributed by atoms with Gasteiger partial charge >= 0.3 is 0 Å². The Morgan fingerprint density at radius 3 is 2.68 bits per heavy atom. The van der Waals surface area contributed by atoms with Gasteiger partial charge in [0.1, 0.15) is 28.9 Å². The zero-order valence-corrected chi connectivity index (χ0v) is 21.2. The van der Waals surface area contributed by atoms with Gasteiger partial charge in [0.2, 0.25) is 5.95 Å². The monoisotopic (exact) mass is 505 g/mol. The van der Waals surface area contributed by atoms with Crippen LogP contribution in [0.5, 0.6) is 0 Å². The third kappa shape index (κ3) is 4.66. The molecule has 1 saturated carbocycles. The topological polar surface area (TPSA) is 81.9 Å². The maximum atomic E-state index is 15.0. The molecule has 0 bridgehead atoms. The first kappa shape index (κ1) is 23.8. The molecule has 1 saturated heterocycles. The quantitative estimate of drug-likeness (QED) is 0.360. The molecule has 4 heterocycles. The number of anilines is 1. The standard InChI is InChI=1S/C27H29F2N7O/c1-4-5-22-16(3)31-26-25(32-22)24(20-9-6-18(28)10-21(20)29)33-27(34-26)35-12-15(2)37-23(14-35)17-11-30-36(13-17)19-7-8-19/h6,9-11,13,15,19,23H,4-5,7-8,12,14H2,1-3H3/t15-,23-/m1/s1. The molecule has 0 N–H and O–H groups in total. The molecule has 6 rings (SSSR count). The van der Waals surface area contributed by atoms with Gasteiger partial charge in [0, 0.05) is 29.9 Å². The third-order valence-electron chi connectivity index (χ3n) is 6.92. The van der Waals surface area contributed by atoms with E-state index in [1.807, 2.05) is 29.6 Å². The lowest BCUT2D eigenvalue weighted by atomic mass is 10.1. The van der Waals surface area contributed by atoms with Gasteiger partial charge in [-0.05, 0) is 45.2 Å². The first-order chi connectivity index (χ1) is 17.9. The molecule has 0 spiro atoms. The normalized spacial score (nSPS) is 20.1. The summed E-state index contributed by atoms with van der Waals surface area (Å²) in [6.45, 7) is 7.05. The van der Waals surface area contributed by atoms with Crippen LogP contribution in [0.15, 0.2) is 30.6 Å². The minimum absolute atomic E-state index is 0.0897. The van der Waals surface area contributed by atoms with Gasteiger partial charge in [-0.1, -0.05) is 13.3 Å². The van der Waals surface area contributed by atoms with Crippen molar-refractivity contribution in [2.45, 2.75) is 64.7 Å². The van der Waals surface area contributed by atoms with Gasteiger partial charge in [-0.3, -0.25) is 4.68 Å². The molecular weight excluding hydrogens is 476 g/mol. The van der Waals surface area contributed by atoms with Crippen molar-refractivity contribution in [3.05, 3.63) is 59.2 Å². The van der Waals surface area contributed by atoms with Crippen molar-refractivity contribution in [2.24, 2.45) is 0 Å². The van der Waals surface area contributed by atoms with Crippen LogP contribution in [0.1, 0.15) is 62.2 Å². The van der Waals surface area contributed by atoms with Gasteiger partial charge in [0.15, 0.2) is 5.65 Å². The molecule has 0 amide bonds. The fraction of sp³-hybridized carbons (Fsp3) is 0.444. The highest BCUT2D eigenvalue weighted by atomic mass is 19.1. The summed E-state index contributed by atoms with van der Waals surface area (Å²) in [5.41, 5.74) is 3.88. The molecule has 192 valence electrons. The maximum Gasteiger partial charge on any atom is 0.228 e. The first-order valence-electron chi connectivity index (χ1n) is 12.8. The Morgan fingerprint density at radius 2 is 1.92 bits per heavy atom. The van der Waals surface area contributed by atoms with Crippen LogP contribution in [0.4, 0.5) is 14.7 Å². The molecule has 10 heteroatoms. The van der Waals surface area contributed by atoms with E-state index in [1.54, 1.807) is 0 Å². The van der Waals surface area contributed by atoms with Gasteiger partial charge in [0.05, 0.1) is 36.3 Å². The minimum atomic E-state index is -0.703. The summed E-state index contributed by atoms with van der Waals surface area (Å²) in [5, 5.41) is 4.52. The number of rotatable bonds is 6. The number of nitrogens with zero attached hydrogens (tertiary/aromatic N) is 7. The Morgan fingerprint density at radius 1 is 1.08 bits per heavy atom. The van der Waals surface area contributed by atoms with Crippen LogP contribution in [0, 0.1) is 18.6 Å². The van der Waals surface area contributed by atoms with Crippen molar-refractivity contribution in [3.63, 3.8) is 0 Å². The number of benzene rings is 1. The van der Waals surface area contributed by atoms with E-state index in [9.17, 15) is 8.78 Å². The highest BCUT2D eigenvalue weighted by Crippen LogP contribution is 2.36. The molecule has 1 aromatic carbocycles. The van der Waals surface area contributed by atoms with Crippen LogP contribution < -0.4 is 4.90 Å². The molecule has 37 heavy (non-hydrogen) atoms. The van der Waals surface area contributed by atoms with E-state index in [0.717, 1.165) is 48.7 Å². The van der Waals surface area contributed by atoms with E-state index in [1.165, 1.54) is 12.1 Å². The molecule has 2 aliphatic rings. The molecular formula is C27H29F2N7O. The molecule has 8 nitrogen and oxygen atoms in total. The Kier molecular flexibility index (Phi) is 6.06. The Hall–Kier alpha value is -3.53. The molecule has 0 radical (unpaired) electrons. The van der Waals surface area contributed by atoms with Crippen LogP contribution in [-0.4, -0.2) is 48.9 Å². The Balaban J connectivity index is 1.44. The number of halogens is 2. The zero-order chi connectivity index (χ0) is 25.7. The molecule has 1 aliphatic heterocycles. The van der Waals surface area contributed by atoms with Crippen LogP contribution in [0.3, 0.4) is 0 Å². The van der Waals surface area contributed by atoms with E-state index in [2.05, 4.69) is 18.2 Å². The van der Waals surface area contributed by atoms with E-state index in [-0.39, 0.29) is 17.8 Å². The lowest BCUT2D eigenvalue weighted by Gasteiger charge is -2.36. The van der Waals surface area contributed by atoms with Crippen LogP contribution in [-0.2, 0) is 11.2 Å². The lowest BCUT2D eigenvalue weighted by Crippen LogP contribution is -2.43. The molecule has 2 fully saturated rings. The summed E-state index contributed by atoms with van der Waals surface area (Å²) in [6.07, 6.45) is 7.57. The first-order valence-corrected chi connectivity index (χ1v) is 12.8. The van der Waals surface area contributed by atoms with Crippen molar-refractivity contribution in [2.75, 3.05) is 18.0 Å². The van der Waals surface area contributed by atoms with E-state index < -0.39 is 11.6 Å². The van der Waals surface area contributed by atoms with E-state index in [0.29, 0.717) is 41.9 Å². The fourth-order valence-electron chi connectivity index (χ4n) is 4.89. The minimum Gasteiger partial charge on any atom is -0.367 e. The number of morpholine rings is 1. The van der Waals surface area contributed by atoms with Crippen molar-refractivity contribution >= 4 is 17.1 Å². The van der Waals surface area contributed by atoms with E-state index in [4.69, 9.17) is 24.7 Å². The van der Waals surface area contributed by atoms with Gasteiger partial charge in [-0.2, -0.15) is 10.1 Å². The largest absolute Gasteiger partial charge is 0.367 e. The number of aryl methyl sites for hydroxylation is 2. The number of hydrogen-bond acceptors (Lipinski definition) is 7. The summed E-state index contributed by atoms with van der Waals surface area (Å²) in [5.74, 6) is -0.936. The summed E-state index contributed by atoms with van der Waals surface area (Å²) >= 11 is 0. The van der Waals surface area contributed by atoms with E-state index >= 15 is 0 Å². The molecule has 2 atom stereocenters. The number of fused-ring (bicyclic) bond motifs is 1. The van der Waals surface area contributed by atoms with Crippen LogP contribution in [0.25, 0.3) is 22.4 Å². The average molecular weight is 506 g/mol. The third-order valence-corrected chi connectivity index (χ3v) is 6.92. The van der Waals surface area contributed by atoms with Crippen molar-refractivity contribution in [3.8, 4) is 11.3 Å². The molecule has 3 aromatic heterocycles. The van der Waals surface area contributed by atoms with Crippen molar-refractivity contribution in [1.29, 1.82) is 0 Å². The number of hydrogen-bond donors (Lipinski definition) is 0. The average Bonchev–Trinajstić information content (AvgIpc) is 3.60.